The number of rotatable bonds is 3. The summed E-state index contributed by atoms with van der Waals surface area (Å²) in [5.41, 5.74) is 13.0. The van der Waals surface area contributed by atoms with Gasteiger partial charge in [-0.2, -0.15) is 0 Å². The van der Waals surface area contributed by atoms with Crippen molar-refractivity contribution in [2.24, 2.45) is 0 Å². The first-order valence-electron chi connectivity index (χ1n) is 8.81. The predicted molar refractivity (Wildman–Crippen MR) is 118 cm³/mol. The fourth-order valence-corrected chi connectivity index (χ4v) is 4.90. The van der Waals surface area contributed by atoms with Crippen LogP contribution in [-0.2, 0) is 10.0 Å². The van der Waals surface area contributed by atoms with Crippen LogP contribution in [0.3, 0.4) is 0 Å². The maximum absolute atomic E-state index is 13.3. The first-order valence-corrected chi connectivity index (χ1v) is 11.1. The van der Waals surface area contributed by atoms with Crippen molar-refractivity contribution in [1.29, 1.82) is 0 Å². The first-order chi connectivity index (χ1) is 14.1. The fourth-order valence-electron chi connectivity index (χ4n) is 3.41. The van der Waals surface area contributed by atoms with Crippen LogP contribution in [0.2, 0.25) is 0 Å². The van der Waals surface area contributed by atoms with Crippen LogP contribution in [0.15, 0.2) is 57.9 Å². The number of nitrogens with two attached hydrogens (primary N) is 2. The summed E-state index contributed by atoms with van der Waals surface area (Å²) in [6.07, 6.45) is 0. The van der Waals surface area contributed by atoms with E-state index in [9.17, 15) is 18.0 Å². The SMILES string of the molecule is Cc1ccc(S(=O)(=O)Nc2cc(Br)c(N)c3c2C(=O)c2c(N)cccc2C3=O)cc1. The van der Waals surface area contributed by atoms with Crippen LogP contribution in [0.5, 0.6) is 0 Å². The lowest BCUT2D eigenvalue weighted by Gasteiger charge is -2.24. The van der Waals surface area contributed by atoms with Crippen LogP contribution in [0.25, 0.3) is 0 Å². The van der Waals surface area contributed by atoms with Gasteiger partial charge in [0, 0.05) is 15.7 Å². The largest absolute Gasteiger partial charge is 0.398 e. The second-order valence-electron chi connectivity index (χ2n) is 6.92. The van der Waals surface area contributed by atoms with E-state index in [1.807, 2.05) is 6.92 Å². The highest BCUT2D eigenvalue weighted by Gasteiger charge is 2.36. The molecule has 1 aliphatic carbocycles. The van der Waals surface area contributed by atoms with E-state index in [0.717, 1.165) is 5.56 Å². The Morgan fingerprint density at radius 3 is 2.23 bits per heavy atom. The standard InChI is InChI=1S/C21H16BrN3O4S/c1-10-5-7-11(8-6-10)30(28,29)25-15-9-13(22)19(24)18-17(15)21(27)16-12(20(18)26)3-2-4-14(16)23/h2-9,25H,23-24H2,1H3. The van der Waals surface area contributed by atoms with E-state index in [4.69, 9.17) is 11.5 Å². The average Bonchev–Trinajstić information content (AvgIpc) is 2.68. The molecule has 0 radical (unpaired) electrons. The normalized spacial score (nSPS) is 13.0. The van der Waals surface area contributed by atoms with Gasteiger partial charge in [-0.15, -0.1) is 0 Å². The zero-order valence-corrected chi connectivity index (χ0v) is 18.1. The second kappa shape index (κ2) is 6.96. The van der Waals surface area contributed by atoms with Crippen LogP contribution < -0.4 is 16.2 Å². The molecule has 0 fully saturated rings. The van der Waals surface area contributed by atoms with Crippen molar-refractivity contribution >= 4 is 54.6 Å². The molecule has 0 saturated heterocycles. The number of hydrogen-bond acceptors (Lipinski definition) is 6. The van der Waals surface area contributed by atoms with Crippen LogP contribution >= 0.6 is 15.9 Å². The van der Waals surface area contributed by atoms with E-state index in [1.54, 1.807) is 18.2 Å². The molecular formula is C21H16BrN3O4S. The minimum absolute atomic E-state index is 0.0179. The molecule has 5 N–H and O–H groups in total. The molecule has 9 heteroatoms. The Kier molecular flexibility index (Phi) is 4.67. The highest BCUT2D eigenvalue weighted by Crippen LogP contribution is 2.41. The summed E-state index contributed by atoms with van der Waals surface area (Å²) in [5.74, 6) is -1.07. The lowest BCUT2D eigenvalue weighted by molar-refractivity contribution is 0.0981. The maximum Gasteiger partial charge on any atom is 0.261 e. The molecule has 152 valence electrons. The summed E-state index contributed by atoms with van der Waals surface area (Å²) in [7, 11) is -4.03. The molecule has 0 aromatic heterocycles. The van der Waals surface area contributed by atoms with Crippen LogP contribution in [0.4, 0.5) is 17.1 Å². The number of aryl methyl sites for hydroxylation is 1. The number of nitrogens with one attached hydrogen (secondary N) is 1. The third kappa shape index (κ3) is 3.06. The van der Waals surface area contributed by atoms with Gasteiger partial charge in [0.25, 0.3) is 10.0 Å². The van der Waals surface area contributed by atoms with Gasteiger partial charge in [-0.3, -0.25) is 14.3 Å². The summed E-state index contributed by atoms with van der Waals surface area (Å²) in [6, 6.07) is 12.2. The number of anilines is 3. The second-order valence-corrected chi connectivity index (χ2v) is 9.45. The summed E-state index contributed by atoms with van der Waals surface area (Å²) in [4.78, 5) is 26.4. The Morgan fingerprint density at radius 2 is 1.57 bits per heavy atom. The van der Waals surface area contributed by atoms with Crippen LogP contribution in [-0.4, -0.2) is 20.0 Å². The molecule has 0 spiro atoms. The third-order valence-corrected chi connectivity index (χ3v) is 6.95. The molecule has 1 aliphatic rings. The van der Waals surface area contributed by atoms with Crippen LogP contribution in [0, 0.1) is 6.92 Å². The highest BCUT2D eigenvalue weighted by molar-refractivity contribution is 9.10. The summed E-state index contributed by atoms with van der Waals surface area (Å²) >= 11 is 3.25. The molecule has 4 rings (SSSR count). The van der Waals surface area contributed by atoms with E-state index >= 15 is 0 Å². The smallest absolute Gasteiger partial charge is 0.261 e. The summed E-state index contributed by atoms with van der Waals surface area (Å²) in [5, 5.41) is 0. The Bertz CT molecular complexity index is 1350. The van der Waals surface area contributed by atoms with Gasteiger partial charge >= 0.3 is 0 Å². The summed E-state index contributed by atoms with van der Waals surface area (Å²) in [6.45, 7) is 1.84. The topological polar surface area (TPSA) is 132 Å². The molecule has 0 unspecified atom stereocenters. The van der Waals surface area contributed by atoms with Crippen molar-refractivity contribution in [2.75, 3.05) is 16.2 Å². The Morgan fingerprint density at radius 1 is 0.900 bits per heavy atom. The molecule has 7 nitrogen and oxygen atoms in total. The molecular weight excluding hydrogens is 470 g/mol. The third-order valence-electron chi connectivity index (χ3n) is 4.92. The van der Waals surface area contributed by atoms with E-state index < -0.39 is 21.6 Å². The fraction of sp³-hybridized carbons (Fsp3) is 0.0476. The number of halogens is 1. The molecule has 0 bridgehead atoms. The number of carbonyl (C=O) groups is 2. The lowest BCUT2D eigenvalue weighted by Crippen LogP contribution is -2.26. The minimum atomic E-state index is -4.03. The molecule has 3 aromatic rings. The van der Waals surface area contributed by atoms with Crippen molar-refractivity contribution in [1.82, 2.24) is 0 Å². The zero-order valence-electron chi connectivity index (χ0n) is 15.7. The van der Waals surface area contributed by atoms with Gasteiger partial charge in [-0.25, -0.2) is 8.42 Å². The molecule has 0 aliphatic heterocycles. The quantitative estimate of drug-likeness (QED) is 0.380. The maximum atomic E-state index is 13.3. The Balaban J connectivity index is 1.93. The molecule has 0 amide bonds. The predicted octanol–water partition coefficient (Wildman–Crippen LogP) is 3.50. The molecule has 30 heavy (non-hydrogen) atoms. The highest BCUT2D eigenvalue weighted by atomic mass is 79.9. The number of fused-ring (bicyclic) bond motifs is 2. The number of sulfonamides is 1. The number of benzene rings is 3. The minimum Gasteiger partial charge on any atom is -0.398 e. The average molecular weight is 486 g/mol. The van der Waals surface area contributed by atoms with E-state index in [2.05, 4.69) is 20.7 Å². The van der Waals surface area contributed by atoms with Gasteiger partial charge in [0.05, 0.1) is 33.0 Å². The van der Waals surface area contributed by atoms with Gasteiger partial charge in [0.1, 0.15) is 0 Å². The number of nitrogen functional groups attached to an aromatic ring is 2. The van der Waals surface area contributed by atoms with Crippen molar-refractivity contribution in [3.05, 3.63) is 80.8 Å². The van der Waals surface area contributed by atoms with E-state index in [-0.39, 0.29) is 48.7 Å². The van der Waals surface area contributed by atoms with Gasteiger partial charge < -0.3 is 11.5 Å². The first kappa shape index (κ1) is 20.1. The van der Waals surface area contributed by atoms with E-state index in [1.165, 1.54) is 30.3 Å². The molecule has 3 aromatic carbocycles. The van der Waals surface area contributed by atoms with Gasteiger partial charge in [-0.1, -0.05) is 29.8 Å². The Labute approximate surface area is 181 Å². The van der Waals surface area contributed by atoms with E-state index in [0.29, 0.717) is 0 Å². The molecule has 0 saturated carbocycles. The van der Waals surface area contributed by atoms with Gasteiger partial charge in [0.15, 0.2) is 11.6 Å². The van der Waals surface area contributed by atoms with Crippen LogP contribution in [0.1, 0.15) is 37.4 Å². The number of hydrogen-bond donors (Lipinski definition) is 3. The van der Waals surface area contributed by atoms with Crippen molar-refractivity contribution in [3.63, 3.8) is 0 Å². The number of ketones is 2. The van der Waals surface area contributed by atoms with Gasteiger partial charge in [-0.05, 0) is 47.1 Å². The van der Waals surface area contributed by atoms with Crippen molar-refractivity contribution < 1.29 is 18.0 Å². The summed E-state index contributed by atoms with van der Waals surface area (Å²) < 4.78 is 28.5. The zero-order chi connectivity index (χ0) is 21.8. The molecule has 0 heterocycles. The monoisotopic (exact) mass is 485 g/mol. The van der Waals surface area contributed by atoms with Crippen molar-refractivity contribution in [2.45, 2.75) is 11.8 Å². The van der Waals surface area contributed by atoms with Crippen molar-refractivity contribution in [3.8, 4) is 0 Å². The van der Waals surface area contributed by atoms with Gasteiger partial charge in [0.2, 0.25) is 0 Å². The lowest BCUT2D eigenvalue weighted by atomic mass is 9.81. The Hall–Kier alpha value is -3.17. The molecule has 0 atom stereocenters. The number of carbonyl (C=O) groups excluding carboxylic acids is 2.